The van der Waals surface area contributed by atoms with Crippen LogP contribution in [-0.2, 0) is 6.42 Å². The molecule has 0 radical (unpaired) electrons. The third kappa shape index (κ3) is 3.63. The molecular weight excluding hydrogens is 310 g/mol. The van der Waals surface area contributed by atoms with E-state index in [0.717, 1.165) is 10.9 Å². The van der Waals surface area contributed by atoms with Crippen molar-refractivity contribution in [1.29, 1.82) is 0 Å². The molecule has 0 aliphatic rings. The highest BCUT2D eigenvalue weighted by Crippen LogP contribution is 2.29. The normalized spacial score (nSPS) is 12.4. The molecule has 0 spiro atoms. The fraction of sp³-hybridized carbons (Fsp3) is 0.333. The third-order valence-corrected chi connectivity index (χ3v) is 4.08. The molecule has 0 heterocycles. The van der Waals surface area contributed by atoms with Crippen molar-refractivity contribution < 1.29 is 0 Å². The number of benzene rings is 2. The molecule has 0 aliphatic carbocycles. The number of anilines is 1. The molecule has 106 valence electrons. The van der Waals surface area contributed by atoms with Crippen molar-refractivity contribution >= 4 is 21.6 Å². The Hall–Kier alpha value is -1.28. The van der Waals surface area contributed by atoms with Gasteiger partial charge in [-0.05, 0) is 41.7 Å². The Kier molecular flexibility index (Phi) is 5.24. The Labute approximate surface area is 130 Å². The first-order chi connectivity index (χ1) is 9.61. The summed E-state index contributed by atoms with van der Waals surface area (Å²) in [7, 11) is 0. The lowest BCUT2D eigenvalue weighted by Crippen LogP contribution is -2.17. The molecule has 1 N–H and O–H groups in total. The largest absolute Gasteiger partial charge is 0.378 e. The highest BCUT2D eigenvalue weighted by Gasteiger charge is 2.16. The minimum Gasteiger partial charge on any atom is -0.378 e. The average molecular weight is 332 g/mol. The van der Waals surface area contributed by atoms with Crippen molar-refractivity contribution in [3.8, 4) is 0 Å². The van der Waals surface area contributed by atoms with Crippen molar-refractivity contribution in [3.05, 3.63) is 64.1 Å². The van der Waals surface area contributed by atoms with E-state index in [1.165, 1.54) is 16.8 Å². The zero-order valence-corrected chi connectivity index (χ0v) is 13.9. The van der Waals surface area contributed by atoms with E-state index in [1.807, 2.05) is 0 Å². The van der Waals surface area contributed by atoms with Crippen molar-refractivity contribution in [2.24, 2.45) is 5.92 Å². The highest BCUT2D eigenvalue weighted by atomic mass is 79.9. The van der Waals surface area contributed by atoms with Gasteiger partial charge in [-0.3, -0.25) is 0 Å². The summed E-state index contributed by atoms with van der Waals surface area (Å²) in [4.78, 5) is 0. The van der Waals surface area contributed by atoms with Gasteiger partial charge in [-0.2, -0.15) is 0 Å². The van der Waals surface area contributed by atoms with Crippen LogP contribution in [0.2, 0.25) is 0 Å². The quantitative estimate of drug-likeness (QED) is 0.727. The van der Waals surface area contributed by atoms with Crippen LogP contribution in [0.15, 0.2) is 53.0 Å². The summed E-state index contributed by atoms with van der Waals surface area (Å²) < 4.78 is 1.14. The van der Waals surface area contributed by atoms with Crippen LogP contribution in [0.25, 0.3) is 0 Å². The molecule has 0 aliphatic heterocycles. The zero-order valence-electron chi connectivity index (χ0n) is 12.4. The Morgan fingerprint density at radius 1 is 1.05 bits per heavy atom. The molecule has 1 atom stereocenters. The smallest absolute Gasteiger partial charge is 0.0536 e. The van der Waals surface area contributed by atoms with Crippen molar-refractivity contribution in [2.45, 2.75) is 33.2 Å². The number of nitrogens with one attached hydrogen (secondary N) is 1. The van der Waals surface area contributed by atoms with Crippen LogP contribution in [0.5, 0.6) is 0 Å². The summed E-state index contributed by atoms with van der Waals surface area (Å²) in [5.74, 6) is 0.533. The average Bonchev–Trinajstić information content (AvgIpc) is 2.46. The van der Waals surface area contributed by atoms with Gasteiger partial charge in [0.2, 0.25) is 0 Å². The maximum atomic E-state index is 3.72. The molecule has 0 aromatic heterocycles. The molecule has 0 saturated carbocycles. The van der Waals surface area contributed by atoms with Crippen LogP contribution >= 0.6 is 15.9 Å². The predicted molar refractivity (Wildman–Crippen MR) is 91.2 cm³/mol. The van der Waals surface area contributed by atoms with E-state index in [-0.39, 0.29) is 0 Å². The Balaban J connectivity index is 2.30. The summed E-state index contributed by atoms with van der Waals surface area (Å²) in [5.41, 5.74) is 3.92. The van der Waals surface area contributed by atoms with Gasteiger partial charge in [0.15, 0.2) is 0 Å². The maximum Gasteiger partial charge on any atom is 0.0536 e. The van der Waals surface area contributed by atoms with Crippen LogP contribution < -0.4 is 5.32 Å². The summed E-state index contributed by atoms with van der Waals surface area (Å²) in [6, 6.07) is 17.5. The lowest BCUT2D eigenvalue weighted by Gasteiger charge is -2.25. The van der Waals surface area contributed by atoms with Gasteiger partial charge in [0.05, 0.1) is 6.04 Å². The van der Waals surface area contributed by atoms with Gasteiger partial charge in [0, 0.05) is 10.2 Å². The molecule has 2 heteroatoms. The molecule has 2 aromatic carbocycles. The van der Waals surface area contributed by atoms with Crippen LogP contribution in [0, 0.1) is 5.92 Å². The number of rotatable bonds is 5. The number of halogens is 1. The lowest BCUT2D eigenvalue weighted by atomic mass is 9.95. The van der Waals surface area contributed by atoms with Crippen molar-refractivity contribution in [2.75, 3.05) is 5.32 Å². The second-order valence-corrected chi connectivity index (χ2v) is 6.35. The van der Waals surface area contributed by atoms with Gasteiger partial charge in [0.1, 0.15) is 0 Å². The first-order valence-electron chi connectivity index (χ1n) is 7.21. The van der Waals surface area contributed by atoms with Crippen LogP contribution in [0.4, 0.5) is 5.69 Å². The van der Waals surface area contributed by atoms with Gasteiger partial charge in [-0.25, -0.2) is 0 Å². The summed E-state index contributed by atoms with van der Waals surface area (Å²) in [6.07, 6.45) is 1.03. The van der Waals surface area contributed by atoms with E-state index in [4.69, 9.17) is 0 Å². The molecule has 0 amide bonds. The van der Waals surface area contributed by atoms with E-state index in [9.17, 15) is 0 Å². The standard InChI is InChI=1S/C18H22BrN/c1-4-14-12-16(19)10-11-17(14)20-18(13(2)3)15-8-6-5-7-9-15/h5-13,18,20H,4H2,1-3H3. The van der Waals surface area contributed by atoms with E-state index in [2.05, 4.69) is 90.5 Å². The first kappa shape index (κ1) is 15.1. The number of hydrogen-bond donors (Lipinski definition) is 1. The fourth-order valence-corrected chi connectivity index (χ4v) is 2.87. The summed E-state index contributed by atoms with van der Waals surface area (Å²) in [6.45, 7) is 6.71. The van der Waals surface area contributed by atoms with Gasteiger partial charge < -0.3 is 5.32 Å². The number of aryl methyl sites for hydroxylation is 1. The molecular formula is C18H22BrN. The first-order valence-corrected chi connectivity index (χ1v) is 8.01. The fourth-order valence-electron chi connectivity index (χ4n) is 2.46. The SMILES string of the molecule is CCc1cc(Br)ccc1NC(c1ccccc1)C(C)C. The van der Waals surface area contributed by atoms with E-state index in [0.29, 0.717) is 12.0 Å². The topological polar surface area (TPSA) is 12.0 Å². The molecule has 2 rings (SSSR count). The maximum absolute atomic E-state index is 3.72. The van der Waals surface area contributed by atoms with Gasteiger partial charge in [-0.15, -0.1) is 0 Å². The Morgan fingerprint density at radius 3 is 2.35 bits per heavy atom. The lowest BCUT2D eigenvalue weighted by molar-refractivity contribution is 0.546. The minimum absolute atomic E-state index is 0.336. The molecule has 0 bridgehead atoms. The summed E-state index contributed by atoms with van der Waals surface area (Å²) in [5, 5.41) is 3.72. The van der Waals surface area contributed by atoms with Crippen LogP contribution in [0.1, 0.15) is 37.9 Å². The second kappa shape index (κ2) is 6.94. The summed E-state index contributed by atoms with van der Waals surface area (Å²) >= 11 is 3.55. The zero-order chi connectivity index (χ0) is 14.5. The Morgan fingerprint density at radius 2 is 1.75 bits per heavy atom. The van der Waals surface area contributed by atoms with Gasteiger partial charge in [-0.1, -0.05) is 67.0 Å². The molecule has 1 nitrogen and oxygen atoms in total. The van der Waals surface area contributed by atoms with E-state index in [1.54, 1.807) is 0 Å². The van der Waals surface area contributed by atoms with Crippen molar-refractivity contribution in [1.82, 2.24) is 0 Å². The van der Waals surface area contributed by atoms with E-state index < -0.39 is 0 Å². The predicted octanol–water partition coefficient (Wildman–Crippen LogP) is 5.82. The van der Waals surface area contributed by atoms with E-state index >= 15 is 0 Å². The molecule has 0 fully saturated rings. The van der Waals surface area contributed by atoms with Crippen LogP contribution in [0.3, 0.4) is 0 Å². The van der Waals surface area contributed by atoms with Gasteiger partial charge in [0.25, 0.3) is 0 Å². The minimum atomic E-state index is 0.336. The Bertz CT molecular complexity index is 549. The molecule has 1 unspecified atom stereocenters. The second-order valence-electron chi connectivity index (χ2n) is 5.43. The number of hydrogen-bond acceptors (Lipinski definition) is 1. The van der Waals surface area contributed by atoms with Crippen LogP contribution in [-0.4, -0.2) is 0 Å². The third-order valence-electron chi connectivity index (χ3n) is 3.58. The van der Waals surface area contributed by atoms with Crippen molar-refractivity contribution in [3.63, 3.8) is 0 Å². The highest BCUT2D eigenvalue weighted by molar-refractivity contribution is 9.10. The molecule has 0 saturated heterocycles. The monoisotopic (exact) mass is 331 g/mol. The molecule has 20 heavy (non-hydrogen) atoms. The van der Waals surface area contributed by atoms with Gasteiger partial charge >= 0.3 is 0 Å². The molecule has 2 aromatic rings.